The lowest BCUT2D eigenvalue weighted by atomic mass is 10.0. The highest BCUT2D eigenvalue weighted by Gasteiger charge is 2.20. The third-order valence-corrected chi connectivity index (χ3v) is 6.88. The smallest absolute Gasteiger partial charge is 0.230 e. The van der Waals surface area contributed by atoms with Gasteiger partial charge in [-0.25, -0.2) is 4.68 Å². The molecule has 1 unspecified atom stereocenters. The Morgan fingerprint density at radius 1 is 1.27 bits per heavy atom. The summed E-state index contributed by atoms with van der Waals surface area (Å²) in [6, 6.07) is 10.3. The summed E-state index contributed by atoms with van der Waals surface area (Å²) in [5.41, 5.74) is 4.72. The normalized spacial score (nSPS) is 11.5. The monoisotopic (exact) mass is 522 g/mol. The van der Waals surface area contributed by atoms with Crippen LogP contribution in [0.4, 0.5) is 5.82 Å². The Kier molecular flexibility index (Phi) is 15.6. The number of aryl methyl sites for hydroxylation is 1. The number of aromatic nitrogens is 2. The molecule has 0 spiro atoms. The van der Waals surface area contributed by atoms with E-state index in [0.717, 1.165) is 44.5 Å². The van der Waals surface area contributed by atoms with Gasteiger partial charge in [-0.15, -0.1) is 19.6 Å². The molecule has 2 aromatic rings. The molecule has 2 rings (SSSR count). The third kappa shape index (κ3) is 11.6. The summed E-state index contributed by atoms with van der Waals surface area (Å²) < 4.78 is 1.86. The second-order valence-corrected chi connectivity index (χ2v) is 10.8. The van der Waals surface area contributed by atoms with Gasteiger partial charge in [-0.05, 0) is 50.1 Å². The van der Waals surface area contributed by atoms with E-state index in [0.29, 0.717) is 30.9 Å². The van der Waals surface area contributed by atoms with E-state index in [-0.39, 0.29) is 11.8 Å². The van der Waals surface area contributed by atoms with Crippen LogP contribution in [-0.2, 0) is 16.0 Å². The summed E-state index contributed by atoms with van der Waals surface area (Å²) in [6.07, 6.45) is 7.72. The van der Waals surface area contributed by atoms with Crippen molar-refractivity contribution in [1.29, 1.82) is 0 Å². The van der Waals surface area contributed by atoms with Crippen LogP contribution >= 0.6 is 8.58 Å². The molecule has 0 bridgehead atoms. The predicted octanol–water partition coefficient (Wildman–Crippen LogP) is 6.36. The average Bonchev–Trinajstić information content (AvgIpc) is 3.32. The Labute approximate surface area is 225 Å². The van der Waals surface area contributed by atoms with E-state index >= 15 is 0 Å². The van der Waals surface area contributed by atoms with Gasteiger partial charge in [0.1, 0.15) is 0 Å². The van der Waals surface area contributed by atoms with E-state index in [1.807, 2.05) is 49.7 Å². The van der Waals surface area contributed by atoms with E-state index in [1.54, 1.807) is 0 Å². The molecule has 0 radical (unpaired) electrons. The zero-order chi connectivity index (χ0) is 27.6. The van der Waals surface area contributed by atoms with Crippen molar-refractivity contribution >= 4 is 32.4 Å². The van der Waals surface area contributed by atoms with E-state index in [1.165, 1.54) is 5.56 Å². The zero-order valence-electron chi connectivity index (χ0n) is 23.2. The van der Waals surface area contributed by atoms with Crippen molar-refractivity contribution in [3.8, 4) is 23.1 Å². The number of carbonyl (C=O) groups is 2. The summed E-state index contributed by atoms with van der Waals surface area (Å²) in [4.78, 5) is 23.5. The van der Waals surface area contributed by atoms with Crippen LogP contribution in [0.25, 0.3) is 17.0 Å². The van der Waals surface area contributed by atoms with E-state index < -0.39 is 0 Å². The lowest BCUT2D eigenvalue weighted by molar-refractivity contribution is -0.120. The topological polar surface area (TPSA) is 76.0 Å². The maximum Gasteiger partial charge on any atom is 0.230 e. The Hall–Kier alpha value is -3.16. The molecule has 6 nitrogen and oxygen atoms in total. The van der Waals surface area contributed by atoms with Crippen molar-refractivity contribution in [3.05, 3.63) is 54.6 Å². The summed E-state index contributed by atoms with van der Waals surface area (Å²) in [5, 5.41) is 10.3. The second kappa shape index (κ2) is 18.1. The molecule has 0 aliphatic heterocycles. The molecule has 1 heterocycles. The number of hydrogen-bond donors (Lipinski definition) is 2. The Morgan fingerprint density at radius 3 is 2.59 bits per heavy atom. The largest absolute Gasteiger partial charge is 0.358 e. The van der Waals surface area contributed by atoms with Crippen molar-refractivity contribution in [2.45, 2.75) is 66.5 Å². The van der Waals surface area contributed by atoms with Crippen LogP contribution in [0.1, 0.15) is 59.9 Å². The molecule has 1 aromatic heterocycles. The highest BCUT2D eigenvalue weighted by Crippen LogP contribution is 2.30. The van der Waals surface area contributed by atoms with Crippen LogP contribution in [0.5, 0.6) is 0 Å². The van der Waals surface area contributed by atoms with Gasteiger partial charge in [0.05, 0.1) is 11.6 Å². The molecule has 7 heteroatoms. The molecule has 2 amide bonds. The van der Waals surface area contributed by atoms with Crippen molar-refractivity contribution in [2.24, 2.45) is 5.92 Å². The van der Waals surface area contributed by atoms with Gasteiger partial charge in [0.15, 0.2) is 5.82 Å². The first-order chi connectivity index (χ1) is 17.8. The molecule has 0 aliphatic rings. The molecular formula is C30H43N4O2P. The van der Waals surface area contributed by atoms with Crippen LogP contribution in [0.3, 0.4) is 0 Å². The first-order valence-corrected chi connectivity index (χ1v) is 14.2. The zero-order valence-corrected chi connectivity index (χ0v) is 24.2. The third-order valence-electron chi connectivity index (χ3n) is 5.46. The fourth-order valence-electron chi connectivity index (χ4n) is 3.50. The number of anilines is 1. The van der Waals surface area contributed by atoms with Gasteiger partial charge >= 0.3 is 0 Å². The lowest BCUT2D eigenvalue weighted by Crippen LogP contribution is -2.32. The van der Waals surface area contributed by atoms with Gasteiger partial charge in [0.2, 0.25) is 12.3 Å². The van der Waals surface area contributed by atoms with Crippen LogP contribution < -0.4 is 10.6 Å². The van der Waals surface area contributed by atoms with E-state index in [2.05, 4.69) is 73.1 Å². The molecule has 0 saturated carbocycles. The summed E-state index contributed by atoms with van der Waals surface area (Å²) in [6.45, 7) is 16.9. The second-order valence-electron chi connectivity index (χ2n) is 8.88. The number of nitrogens with zero attached hydrogens (tertiary/aromatic N) is 2. The molecule has 37 heavy (non-hydrogen) atoms. The van der Waals surface area contributed by atoms with Gasteiger partial charge in [-0.2, -0.15) is 0 Å². The molecule has 0 fully saturated rings. The average molecular weight is 523 g/mol. The SMILES string of the molecule is C=C(CPC(C)C)n1nc(NC(=O)[C@@H](CCC)CNC=O)cc1-c1cccc(CC)c1.CC#C/C=C\C. The molecule has 1 aromatic carbocycles. The lowest BCUT2D eigenvalue weighted by Gasteiger charge is -2.14. The van der Waals surface area contributed by atoms with Crippen LogP contribution in [0, 0.1) is 17.8 Å². The fraction of sp³-hybridized carbons (Fsp3) is 0.433. The molecular weight excluding hydrogens is 479 g/mol. The maximum atomic E-state index is 12.8. The minimum atomic E-state index is -0.294. The van der Waals surface area contributed by atoms with Crippen molar-refractivity contribution in [1.82, 2.24) is 15.1 Å². The van der Waals surface area contributed by atoms with Crippen molar-refractivity contribution < 1.29 is 9.59 Å². The van der Waals surface area contributed by atoms with Crippen molar-refractivity contribution in [2.75, 3.05) is 18.0 Å². The quantitative estimate of drug-likeness (QED) is 0.183. The van der Waals surface area contributed by atoms with Crippen LogP contribution in [-0.4, -0.2) is 40.5 Å². The molecule has 0 aliphatic carbocycles. The number of carbonyl (C=O) groups excluding carboxylic acids is 2. The number of nitrogens with one attached hydrogen (secondary N) is 2. The molecule has 2 atom stereocenters. The predicted molar refractivity (Wildman–Crippen MR) is 160 cm³/mol. The number of amides is 2. The Morgan fingerprint density at radius 2 is 2.03 bits per heavy atom. The standard InChI is InChI=1S/C24H35N4O2P.C6H8/c1-6-9-21(14-25-16-29)24(30)26-23-13-22(20-11-8-10-19(7-2)12-20)28(27-23)18(5)15-31-17(3)4;1-3-5-6-4-2/h8,10-13,16-17,21,31H,5-7,9,14-15H2,1-4H3,(H,25,29)(H,26,27,30);3,5H,1-2H3/b;5-3-/t21-;/m0./s1. The highest BCUT2D eigenvalue weighted by molar-refractivity contribution is 7.39. The van der Waals surface area contributed by atoms with Crippen molar-refractivity contribution in [3.63, 3.8) is 0 Å². The Balaban J connectivity index is 0.00000102. The first kappa shape index (κ1) is 31.9. The molecule has 0 saturated heterocycles. The van der Waals surface area contributed by atoms with E-state index in [4.69, 9.17) is 0 Å². The van der Waals surface area contributed by atoms with E-state index in [9.17, 15) is 9.59 Å². The number of hydrogen-bond acceptors (Lipinski definition) is 3. The minimum absolute atomic E-state index is 0.135. The van der Waals surface area contributed by atoms with Gasteiger partial charge < -0.3 is 10.6 Å². The van der Waals surface area contributed by atoms with Crippen LogP contribution in [0.15, 0.2) is 49.1 Å². The number of allylic oxidation sites excluding steroid dienone is 3. The summed E-state index contributed by atoms with van der Waals surface area (Å²) in [7, 11) is 0.758. The van der Waals surface area contributed by atoms with Gasteiger partial charge in [-0.3, -0.25) is 9.59 Å². The molecule has 2 N–H and O–H groups in total. The number of benzene rings is 1. The highest BCUT2D eigenvalue weighted by atomic mass is 31.1. The first-order valence-electron chi connectivity index (χ1n) is 12.9. The summed E-state index contributed by atoms with van der Waals surface area (Å²) >= 11 is 0. The van der Waals surface area contributed by atoms with Gasteiger partial charge in [0, 0.05) is 30.0 Å². The minimum Gasteiger partial charge on any atom is -0.358 e. The maximum absolute atomic E-state index is 12.8. The molecule has 200 valence electrons. The Bertz CT molecular complexity index is 1090. The van der Waals surface area contributed by atoms with Gasteiger partial charge in [0.25, 0.3) is 0 Å². The summed E-state index contributed by atoms with van der Waals surface area (Å²) in [5.74, 6) is 5.57. The van der Waals surface area contributed by atoms with Crippen LogP contribution in [0.2, 0.25) is 0 Å². The fourth-order valence-corrected chi connectivity index (χ4v) is 4.29. The number of rotatable bonds is 13. The van der Waals surface area contributed by atoms with Gasteiger partial charge in [-0.1, -0.05) is 70.9 Å².